The van der Waals surface area contributed by atoms with E-state index in [-0.39, 0.29) is 0 Å². The number of piperazine rings is 1. The highest BCUT2D eigenvalue weighted by Gasteiger charge is 2.35. The van der Waals surface area contributed by atoms with E-state index in [0.717, 1.165) is 12.1 Å². The van der Waals surface area contributed by atoms with Crippen LogP contribution in [0.1, 0.15) is 20.3 Å². The molecular formula is C11H23N3. The minimum atomic E-state index is 0.670. The molecule has 3 nitrogen and oxygen atoms in total. The number of likely N-dealkylation sites (tertiary alicyclic amines) is 1. The second kappa shape index (κ2) is 4.17. The molecule has 0 bridgehead atoms. The van der Waals surface area contributed by atoms with Gasteiger partial charge in [-0.3, -0.25) is 4.90 Å². The van der Waals surface area contributed by atoms with Crippen LogP contribution in [-0.2, 0) is 0 Å². The lowest BCUT2D eigenvalue weighted by Crippen LogP contribution is -2.66. The van der Waals surface area contributed by atoms with Crippen LogP contribution in [-0.4, -0.2) is 61.2 Å². The van der Waals surface area contributed by atoms with E-state index in [0.29, 0.717) is 6.04 Å². The fraction of sp³-hybridized carbons (Fsp3) is 1.00. The smallest absolute Gasteiger partial charge is 0.0354 e. The van der Waals surface area contributed by atoms with Crippen LogP contribution in [0.3, 0.4) is 0 Å². The van der Waals surface area contributed by atoms with E-state index in [4.69, 9.17) is 0 Å². The minimum Gasteiger partial charge on any atom is -0.311 e. The second-order valence-electron chi connectivity index (χ2n) is 4.94. The molecule has 0 radical (unpaired) electrons. The number of nitrogens with zero attached hydrogens (tertiary/aromatic N) is 2. The van der Waals surface area contributed by atoms with E-state index >= 15 is 0 Å². The highest BCUT2D eigenvalue weighted by molar-refractivity contribution is 4.94. The Morgan fingerprint density at radius 3 is 2.57 bits per heavy atom. The molecule has 2 heterocycles. The largest absolute Gasteiger partial charge is 0.311 e. The number of hydrogen-bond donors (Lipinski definition) is 1. The van der Waals surface area contributed by atoms with Gasteiger partial charge in [0.15, 0.2) is 0 Å². The summed E-state index contributed by atoms with van der Waals surface area (Å²) in [7, 11) is 2.21. The van der Waals surface area contributed by atoms with Crippen molar-refractivity contribution in [1.82, 2.24) is 15.1 Å². The van der Waals surface area contributed by atoms with Crippen molar-refractivity contribution in [3.8, 4) is 0 Å². The zero-order chi connectivity index (χ0) is 10.1. The highest BCUT2D eigenvalue weighted by Crippen LogP contribution is 2.20. The van der Waals surface area contributed by atoms with Gasteiger partial charge in [-0.2, -0.15) is 0 Å². The molecule has 0 saturated carbocycles. The van der Waals surface area contributed by atoms with Crippen molar-refractivity contribution in [1.29, 1.82) is 0 Å². The molecule has 0 amide bonds. The van der Waals surface area contributed by atoms with Crippen molar-refractivity contribution in [2.75, 3.05) is 33.2 Å². The molecular weight excluding hydrogens is 174 g/mol. The maximum absolute atomic E-state index is 3.57. The first-order valence-electron chi connectivity index (χ1n) is 5.88. The minimum absolute atomic E-state index is 0.670. The maximum Gasteiger partial charge on any atom is 0.0354 e. The van der Waals surface area contributed by atoms with Crippen molar-refractivity contribution in [2.24, 2.45) is 0 Å². The van der Waals surface area contributed by atoms with Gasteiger partial charge in [0.1, 0.15) is 0 Å². The van der Waals surface area contributed by atoms with Gasteiger partial charge < -0.3 is 10.2 Å². The van der Waals surface area contributed by atoms with Crippen LogP contribution >= 0.6 is 0 Å². The van der Waals surface area contributed by atoms with Gasteiger partial charge in [-0.25, -0.2) is 0 Å². The molecule has 2 aliphatic heterocycles. The quantitative estimate of drug-likeness (QED) is 0.690. The van der Waals surface area contributed by atoms with Crippen LogP contribution in [0.2, 0.25) is 0 Å². The molecule has 2 atom stereocenters. The Morgan fingerprint density at radius 1 is 1.29 bits per heavy atom. The number of hydrogen-bond acceptors (Lipinski definition) is 3. The Labute approximate surface area is 87.4 Å². The molecule has 0 aromatic rings. The third kappa shape index (κ3) is 1.95. The molecule has 2 rings (SSSR count). The summed E-state index contributed by atoms with van der Waals surface area (Å²) in [5, 5.41) is 3.57. The molecule has 2 fully saturated rings. The Bertz CT molecular complexity index is 189. The van der Waals surface area contributed by atoms with E-state index in [1.165, 1.54) is 32.6 Å². The summed E-state index contributed by atoms with van der Waals surface area (Å²) in [6.45, 7) is 9.54. The molecule has 0 aromatic heterocycles. The number of rotatable bonds is 2. The van der Waals surface area contributed by atoms with E-state index in [9.17, 15) is 0 Å². The summed E-state index contributed by atoms with van der Waals surface area (Å²) < 4.78 is 0. The first-order valence-corrected chi connectivity index (χ1v) is 5.88. The molecule has 0 aliphatic carbocycles. The molecule has 3 heteroatoms. The summed E-state index contributed by atoms with van der Waals surface area (Å²) in [4.78, 5) is 5.13. The third-order valence-corrected chi connectivity index (χ3v) is 3.64. The second-order valence-corrected chi connectivity index (χ2v) is 4.94. The first kappa shape index (κ1) is 10.4. The lowest BCUT2D eigenvalue weighted by Gasteiger charge is -2.50. The Morgan fingerprint density at radius 2 is 2.00 bits per heavy atom. The topological polar surface area (TPSA) is 18.5 Å². The third-order valence-electron chi connectivity index (χ3n) is 3.64. The highest BCUT2D eigenvalue weighted by atomic mass is 15.3. The summed E-state index contributed by atoms with van der Waals surface area (Å²) in [5.74, 6) is 0. The molecule has 2 saturated heterocycles. The predicted octanol–water partition coefficient (Wildman–Crippen LogP) is 0.373. The van der Waals surface area contributed by atoms with Crippen molar-refractivity contribution >= 4 is 0 Å². The van der Waals surface area contributed by atoms with E-state index in [1.807, 2.05) is 0 Å². The summed E-state index contributed by atoms with van der Waals surface area (Å²) in [6.07, 6.45) is 1.28. The van der Waals surface area contributed by atoms with Gasteiger partial charge in [-0.05, 0) is 20.4 Å². The number of likely N-dealkylation sites (N-methyl/N-ethyl adjacent to an activating group) is 1. The Hall–Kier alpha value is -0.120. The maximum atomic E-state index is 3.57. The fourth-order valence-electron chi connectivity index (χ4n) is 2.69. The standard InChI is InChI=1S/C11H23N3/c1-4-10-5-12-9(2)6-14(10)11-7-13(3)8-11/h9-12H,4-8H2,1-3H3. The molecule has 2 aliphatic rings. The SMILES string of the molecule is CCC1CNC(C)CN1C1CN(C)C1. The van der Waals surface area contributed by atoms with Gasteiger partial charge in [0, 0.05) is 44.3 Å². The molecule has 82 valence electrons. The molecule has 1 N–H and O–H groups in total. The average molecular weight is 197 g/mol. The zero-order valence-electron chi connectivity index (χ0n) is 9.66. The van der Waals surface area contributed by atoms with Crippen molar-refractivity contribution in [2.45, 2.75) is 38.4 Å². The van der Waals surface area contributed by atoms with E-state index in [1.54, 1.807) is 0 Å². The lowest BCUT2D eigenvalue weighted by molar-refractivity contribution is 0.000336. The zero-order valence-corrected chi connectivity index (χ0v) is 9.66. The molecule has 14 heavy (non-hydrogen) atoms. The summed E-state index contributed by atoms with van der Waals surface area (Å²) in [6, 6.07) is 2.27. The van der Waals surface area contributed by atoms with Gasteiger partial charge in [0.05, 0.1) is 0 Å². The van der Waals surface area contributed by atoms with Crippen LogP contribution < -0.4 is 5.32 Å². The Balaban J connectivity index is 1.92. The summed E-state index contributed by atoms with van der Waals surface area (Å²) >= 11 is 0. The van der Waals surface area contributed by atoms with Gasteiger partial charge in [0.25, 0.3) is 0 Å². The van der Waals surface area contributed by atoms with Crippen molar-refractivity contribution < 1.29 is 0 Å². The van der Waals surface area contributed by atoms with Crippen LogP contribution in [0.25, 0.3) is 0 Å². The Kier molecular flexibility index (Phi) is 3.10. The van der Waals surface area contributed by atoms with Crippen LogP contribution in [0.4, 0.5) is 0 Å². The fourth-order valence-corrected chi connectivity index (χ4v) is 2.69. The van der Waals surface area contributed by atoms with Gasteiger partial charge >= 0.3 is 0 Å². The van der Waals surface area contributed by atoms with Crippen LogP contribution in [0.15, 0.2) is 0 Å². The molecule has 2 unspecified atom stereocenters. The predicted molar refractivity (Wildman–Crippen MR) is 59.5 cm³/mol. The van der Waals surface area contributed by atoms with Crippen LogP contribution in [0.5, 0.6) is 0 Å². The van der Waals surface area contributed by atoms with Gasteiger partial charge in [-0.1, -0.05) is 6.92 Å². The van der Waals surface area contributed by atoms with Gasteiger partial charge in [-0.15, -0.1) is 0 Å². The number of nitrogens with one attached hydrogen (secondary N) is 1. The monoisotopic (exact) mass is 197 g/mol. The van der Waals surface area contributed by atoms with Crippen molar-refractivity contribution in [3.05, 3.63) is 0 Å². The van der Waals surface area contributed by atoms with E-state index in [2.05, 4.69) is 36.0 Å². The van der Waals surface area contributed by atoms with Crippen LogP contribution in [0, 0.1) is 0 Å². The van der Waals surface area contributed by atoms with Gasteiger partial charge in [0.2, 0.25) is 0 Å². The first-order chi connectivity index (χ1) is 6.70. The molecule has 0 aromatic carbocycles. The van der Waals surface area contributed by atoms with E-state index < -0.39 is 0 Å². The molecule has 0 spiro atoms. The van der Waals surface area contributed by atoms with Crippen molar-refractivity contribution in [3.63, 3.8) is 0 Å². The summed E-state index contributed by atoms with van der Waals surface area (Å²) in [5.41, 5.74) is 0. The normalized spacial score (nSPS) is 37.1. The average Bonchev–Trinajstić information content (AvgIpc) is 2.13. The lowest BCUT2D eigenvalue weighted by atomic mass is 10.00.